The first-order valence-corrected chi connectivity index (χ1v) is 12.7. The maximum absolute atomic E-state index is 2.41. The summed E-state index contributed by atoms with van der Waals surface area (Å²) in [7, 11) is 3.56. The average molecular weight is 446 g/mol. The van der Waals surface area contributed by atoms with Crippen LogP contribution in [-0.4, -0.2) is 14.1 Å². The zero-order valence-corrected chi connectivity index (χ0v) is 20.0. The van der Waals surface area contributed by atoms with Crippen LogP contribution in [-0.2, 0) is 0 Å². The highest BCUT2D eigenvalue weighted by Crippen LogP contribution is 2.40. The molecule has 0 saturated heterocycles. The van der Waals surface area contributed by atoms with Crippen LogP contribution < -0.4 is 20.8 Å². The van der Waals surface area contributed by atoms with Crippen molar-refractivity contribution >= 4 is 40.7 Å². The Hall–Kier alpha value is -3.41. The topological polar surface area (TPSA) is 3.24 Å². The van der Waals surface area contributed by atoms with Crippen LogP contribution in [0.1, 0.15) is 17.5 Å². The summed E-state index contributed by atoms with van der Waals surface area (Å²) in [6, 6.07) is 39.7. The SMILES string of the molecule is CN(C)c1ccc(C2=CC(c3ccccc3)=CC2)c(P(c2ccccc2)c2ccccc2)c1. The quantitative estimate of drug-likeness (QED) is 0.311. The summed E-state index contributed by atoms with van der Waals surface area (Å²) >= 11 is 0. The van der Waals surface area contributed by atoms with Gasteiger partial charge in [0.2, 0.25) is 0 Å². The van der Waals surface area contributed by atoms with Crippen molar-refractivity contribution in [3.8, 4) is 0 Å². The van der Waals surface area contributed by atoms with Crippen molar-refractivity contribution in [2.24, 2.45) is 0 Å². The first-order chi connectivity index (χ1) is 16.2. The van der Waals surface area contributed by atoms with Gasteiger partial charge in [-0.1, -0.05) is 109 Å². The fraction of sp³-hybridized carbons (Fsp3) is 0.0968. The summed E-state index contributed by atoms with van der Waals surface area (Å²) < 4.78 is 0. The number of rotatable bonds is 6. The summed E-state index contributed by atoms with van der Waals surface area (Å²) in [4.78, 5) is 2.20. The van der Waals surface area contributed by atoms with Crippen LogP contribution in [0.2, 0.25) is 0 Å². The number of hydrogen-bond acceptors (Lipinski definition) is 1. The van der Waals surface area contributed by atoms with Gasteiger partial charge >= 0.3 is 0 Å². The molecule has 1 nitrogen and oxygen atoms in total. The number of allylic oxidation sites excluding steroid dienone is 4. The van der Waals surface area contributed by atoms with E-state index in [-0.39, 0.29) is 0 Å². The monoisotopic (exact) mass is 445 g/mol. The van der Waals surface area contributed by atoms with E-state index < -0.39 is 7.92 Å². The van der Waals surface area contributed by atoms with Gasteiger partial charge in [0, 0.05) is 19.8 Å². The molecule has 0 heterocycles. The van der Waals surface area contributed by atoms with Gasteiger partial charge in [0.15, 0.2) is 0 Å². The zero-order chi connectivity index (χ0) is 22.6. The summed E-state index contributed by atoms with van der Waals surface area (Å²) in [5.74, 6) is 0. The second kappa shape index (κ2) is 9.61. The largest absolute Gasteiger partial charge is 0.378 e. The fourth-order valence-electron chi connectivity index (χ4n) is 4.38. The van der Waals surface area contributed by atoms with E-state index in [0.717, 1.165) is 6.42 Å². The lowest BCUT2D eigenvalue weighted by Crippen LogP contribution is -2.24. The van der Waals surface area contributed by atoms with Crippen LogP contribution in [0.5, 0.6) is 0 Å². The molecular weight excluding hydrogens is 417 g/mol. The van der Waals surface area contributed by atoms with Crippen molar-refractivity contribution in [1.29, 1.82) is 0 Å². The number of hydrogen-bond donors (Lipinski definition) is 0. The van der Waals surface area contributed by atoms with E-state index in [4.69, 9.17) is 0 Å². The number of benzene rings is 4. The zero-order valence-electron chi connectivity index (χ0n) is 19.1. The van der Waals surface area contributed by atoms with Gasteiger partial charge in [-0.25, -0.2) is 0 Å². The van der Waals surface area contributed by atoms with Gasteiger partial charge in [-0.15, -0.1) is 0 Å². The predicted octanol–water partition coefficient (Wildman–Crippen LogP) is 6.38. The molecule has 0 unspecified atom stereocenters. The van der Waals surface area contributed by atoms with Gasteiger partial charge in [-0.05, 0) is 64.7 Å². The minimum Gasteiger partial charge on any atom is -0.378 e. The van der Waals surface area contributed by atoms with Gasteiger partial charge in [0.1, 0.15) is 0 Å². The molecule has 0 amide bonds. The first-order valence-electron chi connectivity index (χ1n) is 11.4. The molecule has 0 aliphatic heterocycles. The Morgan fingerprint density at radius 3 is 1.82 bits per heavy atom. The predicted molar refractivity (Wildman–Crippen MR) is 146 cm³/mol. The minimum atomic E-state index is -0.683. The van der Waals surface area contributed by atoms with E-state index >= 15 is 0 Å². The third kappa shape index (κ3) is 4.56. The molecule has 1 aliphatic carbocycles. The average Bonchev–Trinajstić information content (AvgIpc) is 3.36. The molecule has 0 aromatic heterocycles. The van der Waals surface area contributed by atoms with E-state index in [0.29, 0.717) is 0 Å². The molecule has 1 aliphatic rings. The molecule has 0 radical (unpaired) electrons. The Bertz CT molecular complexity index is 1250. The second-order valence-corrected chi connectivity index (χ2v) is 10.7. The van der Waals surface area contributed by atoms with E-state index in [1.165, 1.54) is 43.9 Å². The molecule has 0 bridgehead atoms. The second-order valence-electron chi connectivity index (χ2n) is 8.50. The van der Waals surface area contributed by atoms with Crippen molar-refractivity contribution in [1.82, 2.24) is 0 Å². The minimum absolute atomic E-state index is 0.683. The van der Waals surface area contributed by atoms with Crippen molar-refractivity contribution in [2.75, 3.05) is 19.0 Å². The Labute approximate surface area is 198 Å². The third-order valence-electron chi connectivity index (χ3n) is 6.09. The standard InChI is InChI=1S/C31H28NP/c1-32(2)27-20-21-30(26-19-18-25(22-26)24-12-6-3-7-13-24)31(23-27)33(28-14-8-4-9-15-28)29-16-10-5-11-17-29/h3-18,20-23H,19H2,1-2H3. The van der Waals surface area contributed by atoms with Crippen LogP contribution in [0.3, 0.4) is 0 Å². The van der Waals surface area contributed by atoms with E-state index in [9.17, 15) is 0 Å². The van der Waals surface area contributed by atoms with E-state index in [1.807, 2.05) is 0 Å². The Morgan fingerprint density at radius 1 is 0.667 bits per heavy atom. The lowest BCUT2D eigenvalue weighted by atomic mass is 10.0. The van der Waals surface area contributed by atoms with Crippen LogP contribution in [0, 0.1) is 0 Å². The Balaban J connectivity index is 1.67. The van der Waals surface area contributed by atoms with Crippen molar-refractivity contribution in [2.45, 2.75) is 6.42 Å². The van der Waals surface area contributed by atoms with Gasteiger partial charge < -0.3 is 4.90 Å². The summed E-state index contributed by atoms with van der Waals surface area (Å²) in [6.45, 7) is 0. The molecule has 162 valence electrons. The molecule has 2 heteroatoms. The molecule has 0 atom stereocenters. The fourth-order valence-corrected chi connectivity index (χ4v) is 6.90. The number of anilines is 1. The van der Waals surface area contributed by atoms with Crippen LogP contribution in [0.4, 0.5) is 5.69 Å². The molecule has 5 rings (SSSR count). The van der Waals surface area contributed by atoms with Crippen LogP contribution in [0.25, 0.3) is 11.1 Å². The Kier molecular flexibility index (Phi) is 6.24. The van der Waals surface area contributed by atoms with Crippen molar-refractivity contribution in [3.63, 3.8) is 0 Å². The lowest BCUT2D eigenvalue weighted by Gasteiger charge is -2.25. The van der Waals surface area contributed by atoms with E-state index in [2.05, 4.69) is 140 Å². The summed E-state index contributed by atoms with van der Waals surface area (Å²) in [5, 5.41) is 4.18. The van der Waals surface area contributed by atoms with Crippen LogP contribution >= 0.6 is 7.92 Å². The van der Waals surface area contributed by atoms with Crippen molar-refractivity contribution in [3.05, 3.63) is 132 Å². The molecule has 0 N–H and O–H groups in total. The molecule has 0 saturated carbocycles. The lowest BCUT2D eigenvalue weighted by molar-refractivity contribution is 1.13. The highest BCUT2D eigenvalue weighted by Gasteiger charge is 2.23. The molecule has 4 aromatic carbocycles. The van der Waals surface area contributed by atoms with Gasteiger partial charge in [-0.3, -0.25) is 0 Å². The molecule has 4 aromatic rings. The highest BCUT2D eigenvalue weighted by molar-refractivity contribution is 7.80. The number of nitrogens with zero attached hydrogens (tertiary/aromatic N) is 1. The van der Waals surface area contributed by atoms with E-state index in [1.54, 1.807) is 0 Å². The summed E-state index contributed by atoms with van der Waals surface area (Å²) in [6.07, 6.45) is 5.71. The van der Waals surface area contributed by atoms with Crippen LogP contribution in [0.15, 0.2) is 121 Å². The normalized spacial score (nSPS) is 13.1. The maximum atomic E-state index is 2.41. The van der Waals surface area contributed by atoms with Gasteiger partial charge in [0.25, 0.3) is 0 Å². The third-order valence-corrected chi connectivity index (χ3v) is 8.57. The summed E-state index contributed by atoms with van der Waals surface area (Å²) in [5.41, 5.74) is 6.60. The maximum Gasteiger partial charge on any atom is 0.0368 e. The van der Waals surface area contributed by atoms with Gasteiger partial charge in [-0.2, -0.15) is 0 Å². The molecule has 33 heavy (non-hydrogen) atoms. The Morgan fingerprint density at radius 2 is 1.24 bits per heavy atom. The highest BCUT2D eigenvalue weighted by atomic mass is 31.1. The molecule has 0 spiro atoms. The van der Waals surface area contributed by atoms with Crippen molar-refractivity contribution < 1.29 is 0 Å². The smallest absolute Gasteiger partial charge is 0.0368 e. The molecule has 0 fully saturated rings. The first kappa shape index (κ1) is 21.4. The van der Waals surface area contributed by atoms with Gasteiger partial charge in [0.05, 0.1) is 0 Å². The molecular formula is C31H28NP.